The van der Waals surface area contributed by atoms with Crippen LogP contribution in [0.2, 0.25) is 0 Å². The maximum absolute atomic E-state index is 6.79. The lowest BCUT2D eigenvalue weighted by atomic mass is 9.87. The van der Waals surface area contributed by atoms with Crippen molar-refractivity contribution in [3.05, 3.63) is 83.9 Å². The van der Waals surface area contributed by atoms with E-state index in [1.165, 1.54) is 0 Å². The summed E-state index contributed by atoms with van der Waals surface area (Å²) in [6, 6.07) is 23.5. The first kappa shape index (κ1) is 18.0. The molecular formula is C22H23NO3. The summed E-state index contributed by atoms with van der Waals surface area (Å²) < 4.78 is 17.0. The molecule has 0 aliphatic carbocycles. The zero-order valence-electron chi connectivity index (χ0n) is 15.2. The lowest BCUT2D eigenvalue weighted by Gasteiger charge is -2.32. The summed E-state index contributed by atoms with van der Waals surface area (Å²) in [4.78, 5) is 0. The molecule has 3 rings (SSSR count). The van der Waals surface area contributed by atoms with E-state index >= 15 is 0 Å². The SMILES string of the molecule is COc1cc(OC)c(-c2ccccc2)c(C(N)(OC)c2ccccc2)c1. The predicted octanol–water partition coefficient (Wildman–Crippen LogP) is 4.18. The molecule has 0 fully saturated rings. The first-order chi connectivity index (χ1) is 12.6. The van der Waals surface area contributed by atoms with Crippen LogP contribution in [0, 0.1) is 0 Å². The zero-order valence-corrected chi connectivity index (χ0v) is 15.2. The van der Waals surface area contributed by atoms with Crippen LogP contribution in [0.1, 0.15) is 11.1 Å². The van der Waals surface area contributed by atoms with E-state index in [2.05, 4.69) is 0 Å². The second-order valence-electron chi connectivity index (χ2n) is 5.92. The van der Waals surface area contributed by atoms with Crippen molar-refractivity contribution in [2.24, 2.45) is 5.73 Å². The Labute approximate surface area is 154 Å². The van der Waals surface area contributed by atoms with Crippen molar-refractivity contribution in [2.75, 3.05) is 21.3 Å². The van der Waals surface area contributed by atoms with Crippen LogP contribution in [-0.2, 0) is 10.5 Å². The number of methoxy groups -OCH3 is 3. The quantitative estimate of drug-likeness (QED) is 0.679. The van der Waals surface area contributed by atoms with E-state index in [9.17, 15) is 0 Å². The highest BCUT2D eigenvalue weighted by Crippen LogP contribution is 2.43. The molecule has 26 heavy (non-hydrogen) atoms. The monoisotopic (exact) mass is 349 g/mol. The molecule has 0 radical (unpaired) electrons. The van der Waals surface area contributed by atoms with Gasteiger partial charge in [0.1, 0.15) is 11.5 Å². The fraction of sp³-hybridized carbons (Fsp3) is 0.182. The van der Waals surface area contributed by atoms with E-state index in [1.54, 1.807) is 21.3 Å². The fourth-order valence-electron chi connectivity index (χ4n) is 3.13. The Morgan fingerprint density at radius 2 is 1.38 bits per heavy atom. The van der Waals surface area contributed by atoms with Gasteiger partial charge in [0.2, 0.25) is 0 Å². The van der Waals surface area contributed by atoms with Crippen molar-refractivity contribution in [1.29, 1.82) is 0 Å². The number of nitrogens with two attached hydrogens (primary N) is 1. The minimum Gasteiger partial charge on any atom is -0.497 e. The minimum atomic E-state index is -1.16. The van der Waals surface area contributed by atoms with Gasteiger partial charge in [-0.15, -0.1) is 0 Å². The van der Waals surface area contributed by atoms with Gasteiger partial charge in [-0.1, -0.05) is 60.7 Å². The molecule has 134 valence electrons. The summed E-state index contributed by atoms with van der Waals surface area (Å²) in [5.74, 6) is 1.33. The Kier molecular flexibility index (Phi) is 5.26. The van der Waals surface area contributed by atoms with Gasteiger partial charge in [-0.2, -0.15) is 0 Å². The average Bonchev–Trinajstić information content (AvgIpc) is 2.73. The molecule has 4 heteroatoms. The number of hydrogen-bond acceptors (Lipinski definition) is 4. The summed E-state index contributed by atoms with van der Waals surface area (Å²) in [7, 11) is 4.86. The van der Waals surface area contributed by atoms with E-state index in [4.69, 9.17) is 19.9 Å². The third-order valence-corrected chi connectivity index (χ3v) is 4.52. The molecule has 3 aromatic carbocycles. The summed E-state index contributed by atoms with van der Waals surface area (Å²) in [6.07, 6.45) is 0. The Morgan fingerprint density at radius 1 is 0.769 bits per heavy atom. The third kappa shape index (κ3) is 3.17. The van der Waals surface area contributed by atoms with Crippen molar-refractivity contribution in [3.8, 4) is 22.6 Å². The van der Waals surface area contributed by atoms with Crippen LogP contribution < -0.4 is 15.2 Å². The zero-order chi connectivity index (χ0) is 18.6. The van der Waals surface area contributed by atoms with E-state index in [0.717, 1.165) is 22.3 Å². The summed E-state index contributed by atoms with van der Waals surface area (Å²) in [5.41, 5.74) is 9.12. The molecule has 1 atom stereocenters. The van der Waals surface area contributed by atoms with Gasteiger partial charge in [0.25, 0.3) is 0 Å². The van der Waals surface area contributed by atoms with Gasteiger partial charge in [0.15, 0.2) is 5.72 Å². The largest absolute Gasteiger partial charge is 0.497 e. The molecule has 0 heterocycles. The van der Waals surface area contributed by atoms with E-state index in [-0.39, 0.29) is 0 Å². The van der Waals surface area contributed by atoms with E-state index in [0.29, 0.717) is 11.5 Å². The lowest BCUT2D eigenvalue weighted by Crippen LogP contribution is -2.40. The first-order valence-electron chi connectivity index (χ1n) is 8.35. The maximum Gasteiger partial charge on any atom is 0.169 e. The normalized spacial score (nSPS) is 13.1. The molecule has 0 aliphatic rings. The molecule has 0 saturated carbocycles. The van der Waals surface area contributed by atoms with Crippen LogP contribution in [0.15, 0.2) is 72.8 Å². The number of ether oxygens (including phenoxy) is 3. The standard InChI is InChI=1S/C22H23NO3/c1-24-18-14-19(22(23,26-3)17-12-8-5-9-13-17)21(20(15-18)25-2)16-10-6-4-7-11-16/h4-15H,23H2,1-3H3. The summed E-state index contributed by atoms with van der Waals surface area (Å²) in [6.45, 7) is 0. The first-order valence-corrected chi connectivity index (χ1v) is 8.35. The molecule has 0 saturated heterocycles. The van der Waals surface area contributed by atoms with Gasteiger partial charge in [0.05, 0.1) is 14.2 Å². The average molecular weight is 349 g/mol. The second kappa shape index (κ2) is 7.60. The van der Waals surface area contributed by atoms with Crippen molar-refractivity contribution < 1.29 is 14.2 Å². The molecule has 0 amide bonds. The molecular weight excluding hydrogens is 326 g/mol. The van der Waals surface area contributed by atoms with Crippen molar-refractivity contribution in [3.63, 3.8) is 0 Å². The fourth-order valence-corrected chi connectivity index (χ4v) is 3.13. The van der Waals surface area contributed by atoms with Crippen LogP contribution in [0.25, 0.3) is 11.1 Å². The number of hydrogen-bond donors (Lipinski definition) is 1. The second-order valence-corrected chi connectivity index (χ2v) is 5.92. The van der Waals surface area contributed by atoms with E-state index in [1.807, 2.05) is 72.8 Å². The van der Waals surface area contributed by atoms with Gasteiger partial charge in [-0.25, -0.2) is 0 Å². The summed E-state index contributed by atoms with van der Waals surface area (Å²) in [5, 5.41) is 0. The molecule has 0 spiro atoms. The van der Waals surface area contributed by atoms with E-state index < -0.39 is 5.72 Å². The highest BCUT2D eigenvalue weighted by molar-refractivity contribution is 5.77. The Hall–Kier alpha value is -2.82. The molecule has 1 unspecified atom stereocenters. The summed E-state index contributed by atoms with van der Waals surface area (Å²) >= 11 is 0. The van der Waals surface area contributed by atoms with Gasteiger partial charge < -0.3 is 14.2 Å². The molecule has 2 N–H and O–H groups in total. The maximum atomic E-state index is 6.79. The van der Waals surface area contributed by atoms with Crippen LogP contribution in [0.5, 0.6) is 11.5 Å². The Balaban J connectivity index is 2.34. The molecule has 0 bridgehead atoms. The molecule has 0 aromatic heterocycles. The smallest absolute Gasteiger partial charge is 0.169 e. The molecule has 0 aliphatic heterocycles. The van der Waals surface area contributed by atoms with Gasteiger partial charge >= 0.3 is 0 Å². The lowest BCUT2D eigenvalue weighted by molar-refractivity contribution is 0.0279. The van der Waals surface area contributed by atoms with Crippen molar-refractivity contribution in [1.82, 2.24) is 0 Å². The third-order valence-electron chi connectivity index (χ3n) is 4.52. The van der Waals surface area contributed by atoms with Crippen LogP contribution >= 0.6 is 0 Å². The Bertz CT molecular complexity index is 865. The number of rotatable bonds is 6. The Morgan fingerprint density at radius 3 is 1.92 bits per heavy atom. The predicted molar refractivity (Wildman–Crippen MR) is 103 cm³/mol. The topological polar surface area (TPSA) is 53.7 Å². The van der Waals surface area contributed by atoms with Gasteiger partial charge in [-0.3, -0.25) is 5.73 Å². The molecule has 4 nitrogen and oxygen atoms in total. The van der Waals surface area contributed by atoms with Crippen LogP contribution in [0.4, 0.5) is 0 Å². The van der Waals surface area contributed by atoms with Gasteiger partial charge in [-0.05, 0) is 11.6 Å². The van der Waals surface area contributed by atoms with Crippen molar-refractivity contribution in [2.45, 2.75) is 5.72 Å². The highest BCUT2D eigenvalue weighted by Gasteiger charge is 2.34. The van der Waals surface area contributed by atoms with Crippen LogP contribution in [-0.4, -0.2) is 21.3 Å². The minimum absolute atomic E-state index is 0.652. The highest BCUT2D eigenvalue weighted by atomic mass is 16.5. The van der Waals surface area contributed by atoms with Gasteiger partial charge in [0, 0.05) is 29.9 Å². The van der Waals surface area contributed by atoms with Crippen LogP contribution in [0.3, 0.4) is 0 Å². The molecule has 3 aromatic rings. The number of benzene rings is 3. The van der Waals surface area contributed by atoms with Crippen molar-refractivity contribution >= 4 is 0 Å².